The molecule has 1 N–H and O–H groups in total. The van der Waals surface area contributed by atoms with Crippen LogP contribution in [0.1, 0.15) is 24.5 Å². The Morgan fingerprint density at radius 1 is 1.11 bits per heavy atom. The molecule has 0 saturated heterocycles. The maximum atomic E-state index is 13.9. The van der Waals surface area contributed by atoms with E-state index >= 15 is 0 Å². The molecule has 0 radical (unpaired) electrons. The average molecular weight is 279 g/mol. The minimum absolute atomic E-state index is 0.340. The summed E-state index contributed by atoms with van der Waals surface area (Å²) in [5.74, 6) is -0.374. The SMILES string of the molecule is CCC(O)(Cc1ccc(Cl)cc1)c1ccccc1F. The van der Waals surface area contributed by atoms with Crippen LogP contribution >= 0.6 is 11.6 Å². The Balaban J connectivity index is 2.33. The smallest absolute Gasteiger partial charge is 0.129 e. The van der Waals surface area contributed by atoms with Crippen LogP contribution in [-0.2, 0) is 12.0 Å². The molecule has 0 saturated carbocycles. The molecular weight excluding hydrogens is 263 g/mol. The van der Waals surface area contributed by atoms with E-state index in [4.69, 9.17) is 11.6 Å². The highest BCUT2D eigenvalue weighted by Gasteiger charge is 2.30. The highest BCUT2D eigenvalue weighted by atomic mass is 35.5. The summed E-state index contributed by atoms with van der Waals surface area (Å²) >= 11 is 5.84. The summed E-state index contributed by atoms with van der Waals surface area (Å²) in [5, 5.41) is 11.4. The largest absolute Gasteiger partial charge is 0.385 e. The maximum absolute atomic E-state index is 13.9. The quantitative estimate of drug-likeness (QED) is 0.883. The van der Waals surface area contributed by atoms with Crippen LogP contribution in [0.5, 0.6) is 0 Å². The van der Waals surface area contributed by atoms with Gasteiger partial charge in [0.1, 0.15) is 5.82 Å². The number of rotatable bonds is 4. The Morgan fingerprint density at radius 3 is 2.32 bits per heavy atom. The molecular formula is C16H16ClFO. The van der Waals surface area contributed by atoms with Crippen molar-refractivity contribution in [3.05, 3.63) is 70.5 Å². The first-order valence-electron chi connectivity index (χ1n) is 6.27. The number of benzene rings is 2. The molecule has 0 fully saturated rings. The van der Waals surface area contributed by atoms with Crippen molar-refractivity contribution in [3.63, 3.8) is 0 Å². The molecule has 1 atom stereocenters. The van der Waals surface area contributed by atoms with E-state index in [1.807, 2.05) is 19.1 Å². The third kappa shape index (κ3) is 3.14. The second-order valence-electron chi connectivity index (χ2n) is 4.67. The van der Waals surface area contributed by atoms with Crippen LogP contribution in [0, 0.1) is 5.82 Å². The van der Waals surface area contributed by atoms with Gasteiger partial charge in [-0.1, -0.05) is 48.9 Å². The summed E-state index contributed by atoms with van der Waals surface area (Å²) in [7, 11) is 0. The van der Waals surface area contributed by atoms with E-state index in [9.17, 15) is 9.50 Å². The third-order valence-corrected chi connectivity index (χ3v) is 3.62. The molecule has 2 rings (SSSR count). The molecule has 0 aliphatic heterocycles. The van der Waals surface area contributed by atoms with Crippen LogP contribution in [0.4, 0.5) is 4.39 Å². The fourth-order valence-electron chi connectivity index (χ4n) is 2.19. The van der Waals surface area contributed by atoms with E-state index in [1.165, 1.54) is 6.07 Å². The molecule has 0 aliphatic rings. The Bertz CT molecular complexity index is 553. The van der Waals surface area contributed by atoms with Crippen LogP contribution in [0.2, 0.25) is 5.02 Å². The highest BCUT2D eigenvalue weighted by Crippen LogP contribution is 2.31. The molecule has 19 heavy (non-hydrogen) atoms. The molecule has 0 heterocycles. The van der Waals surface area contributed by atoms with Gasteiger partial charge in [0.25, 0.3) is 0 Å². The van der Waals surface area contributed by atoms with Crippen LogP contribution in [0.25, 0.3) is 0 Å². The standard InChI is InChI=1S/C16H16ClFO/c1-2-16(19,14-5-3-4-6-15(14)18)11-12-7-9-13(17)10-8-12/h3-10,19H,2,11H2,1H3. The predicted octanol–water partition coefficient (Wildman–Crippen LogP) is 4.32. The minimum Gasteiger partial charge on any atom is -0.385 e. The number of hydrogen-bond acceptors (Lipinski definition) is 1. The summed E-state index contributed by atoms with van der Waals surface area (Å²) in [5.41, 5.74) is 0.0727. The Kier molecular flexibility index (Phi) is 4.23. The molecule has 3 heteroatoms. The summed E-state index contributed by atoms with van der Waals surface area (Å²) in [4.78, 5) is 0. The topological polar surface area (TPSA) is 20.2 Å². The molecule has 0 aliphatic carbocycles. The van der Waals surface area contributed by atoms with E-state index in [0.29, 0.717) is 23.4 Å². The molecule has 0 bridgehead atoms. The first kappa shape index (κ1) is 14.0. The fraction of sp³-hybridized carbons (Fsp3) is 0.250. The van der Waals surface area contributed by atoms with Crippen molar-refractivity contribution in [3.8, 4) is 0 Å². The lowest BCUT2D eigenvalue weighted by Crippen LogP contribution is -2.28. The van der Waals surface area contributed by atoms with Gasteiger partial charge in [-0.05, 0) is 30.2 Å². The molecule has 0 aromatic heterocycles. The van der Waals surface area contributed by atoms with Crippen molar-refractivity contribution >= 4 is 11.6 Å². The van der Waals surface area contributed by atoms with Crippen LogP contribution in [0.3, 0.4) is 0 Å². The van der Waals surface area contributed by atoms with Gasteiger partial charge in [0.05, 0.1) is 5.60 Å². The fourth-order valence-corrected chi connectivity index (χ4v) is 2.32. The van der Waals surface area contributed by atoms with Crippen molar-refractivity contribution in [2.24, 2.45) is 0 Å². The van der Waals surface area contributed by atoms with Gasteiger partial charge >= 0.3 is 0 Å². The molecule has 0 amide bonds. The van der Waals surface area contributed by atoms with Crippen molar-refractivity contribution in [1.29, 1.82) is 0 Å². The summed E-state index contributed by atoms with van der Waals surface area (Å²) in [6.45, 7) is 1.85. The van der Waals surface area contributed by atoms with Crippen LogP contribution < -0.4 is 0 Å². The van der Waals surface area contributed by atoms with Gasteiger partial charge in [0.15, 0.2) is 0 Å². The third-order valence-electron chi connectivity index (χ3n) is 3.37. The second-order valence-corrected chi connectivity index (χ2v) is 5.10. The zero-order chi connectivity index (χ0) is 13.9. The Morgan fingerprint density at radius 2 is 1.74 bits per heavy atom. The van der Waals surface area contributed by atoms with Crippen molar-refractivity contribution in [1.82, 2.24) is 0 Å². The molecule has 1 nitrogen and oxygen atoms in total. The van der Waals surface area contributed by atoms with E-state index in [1.54, 1.807) is 30.3 Å². The van der Waals surface area contributed by atoms with Crippen LogP contribution in [-0.4, -0.2) is 5.11 Å². The normalized spacial score (nSPS) is 14.1. The first-order chi connectivity index (χ1) is 9.05. The predicted molar refractivity (Wildman–Crippen MR) is 75.7 cm³/mol. The zero-order valence-corrected chi connectivity index (χ0v) is 11.5. The zero-order valence-electron chi connectivity index (χ0n) is 10.7. The first-order valence-corrected chi connectivity index (χ1v) is 6.65. The van der Waals surface area contributed by atoms with E-state index in [-0.39, 0.29) is 5.82 Å². The lowest BCUT2D eigenvalue weighted by Gasteiger charge is -2.28. The lowest BCUT2D eigenvalue weighted by molar-refractivity contribution is 0.0292. The monoisotopic (exact) mass is 278 g/mol. The number of aliphatic hydroxyl groups is 1. The lowest BCUT2D eigenvalue weighted by atomic mass is 9.85. The molecule has 2 aromatic carbocycles. The summed E-state index contributed by atoms with van der Waals surface area (Å²) in [6.07, 6.45) is 0.804. The van der Waals surface area contributed by atoms with E-state index in [2.05, 4.69) is 0 Å². The second kappa shape index (κ2) is 5.72. The maximum Gasteiger partial charge on any atom is 0.129 e. The summed E-state index contributed by atoms with van der Waals surface area (Å²) < 4.78 is 13.9. The molecule has 1 unspecified atom stereocenters. The van der Waals surface area contributed by atoms with Gasteiger partial charge in [-0.25, -0.2) is 4.39 Å². The van der Waals surface area contributed by atoms with Gasteiger partial charge in [0.2, 0.25) is 0 Å². The van der Waals surface area contributed by atoms with Gasteiger partial charge in [-0.3, -0.25) is 0 Å². The van der Waals surface area contributed by atoms with Crippen molar-refractivity contribution < 1.29 is 9.50 Å². The molecule has 2 aromatic rings. The Labute approximate surface area is 117 Å². The molecule has 100 valence electrons. The highest BCUT2D eigenvalue weighted by molar-refractivity contribution is 6.30. The Hall–Kier alpha value is -1.38. The van der Waals surface area contributed by atoms with Gasteiger partial charge in [-0.2, -0.15) is 0 Å². The van der Waals surface area contributed by atoms with E-state index < -0.39 is 5.60 Å². The average Bonchev–Trinajstić information content (AvgIpc) is 2.42. The van der Waals surface area contributed by atoms with Gasteiger partial charge in [-0.15, -0.1) is 0 Å². The van der Waals surface area contributed by atoms with Crippen molar-refractivity contribution in [2.75, 3.05) is 0 Å². The molecule has 0 spiro atoms. The summed E-state index contributed by atoms with van der Waals surface area (Å²) in [6, 6.07) is 13.6. The van der Waals surface area contributed by atoms with E-state index in [0.717, 1.165) is 5.56 Å². The van der Waals surface area contributed by atoms with Gasteiger partial charge in [0, 0.05) is 17.0 Å². The van der Waals surface area contributed by atoms with Crippen molar-refractivity contribution in [2.45, 2.75) is 25.4 Å². The number of halogens is 2. The number of hydrogen-bond donors (Lipinski definition) is 1. The van der Waals surface area contributed by atoms with Crippen LogP contribution in [0.15, 0.2) is 48.5 Å². The minimum atomic E-state index is -1.20. The van der Waals surface area contributed by atoms with Gasteiger partial charge < -0.3 is 5.11 Å².